The van der Waals surface area contributed by atoms with E-state index >= 15 is 0 Å². The highest BCUT2D eigenvalue weighted by molar-refractivity contribution is 6.30. The van der Waals surface area contributed by atoms with Crippen molar-refractivity contribution in [2.45, 2.75) is 25.5 Å². The van der Waals surface area contributed by atoms with Gasteiger partial charge in [0.05, 0.1) is 6.54 Å². The van der Waals surface area contributed by atoms with Gasteiger partial charge in [-0.3, -0.25) is 9.69 Å². The van der Waals surface area contributed by atoms with Gasteiger partial charge in [0.1, 0.15) is 11.9 Å². The van der Waals surface area contributed by atoms with Crippen LogP contribution in [0.2, 0.25) is 5.02 Å². The lowest BCUT2D eigenvalue weighted by Gasteiger charge is -2.31. The molecule has 0 spiro atoms. The van der Waals surface area contributed by atoms with Crippen molar-refractivity contribution in [3.8, 4) is 5.75 Å². The Morgan fingerprint density at radius 1 is 1.46 bits per heavy atom. The number of nitrogens with one attached hydrogen (secondary N) is 1. The third kappa shape index (κ3) is 4.24. The third-order valence-electron chi connectivity index (χ3n) is 3.89. The van der Waals surface area contributed by atoms with Crippen molar-refractivity contribution < 1.29 is 14.1 Å². The molecule has 0 radical (unpaired) electrons. The number of ether oxygens (including phenoxy) is 1. The standard InChI is InChI=1S/C16H19ClN4O3/c1-18-16(22)15-19-14(24-20-15)10-21-7-5-12(6-8-21)23-13-4-2-3-11(17)9-13/h2-4,9,12H,5-8,10H2,1H3,(H,18,22). The summed E-state index contributed by atoms with van der Waals surface area (Å²) in [6.45, 7) is 2.26. The van der Waals surface area contributed by atoms with E-state index in [1.165, 1.54) is 7.05 Å². The van der Waals surface area contributed by atoms with Crippen LogP contribution in [0.5, 0.6) is 5.75 Å². The summed E-state index contributed by atoms with van der Waals surface area (Å²) >= 11 is 5.97. The molecule has 3 rings (SSSR count). The van der Waals surface area contributed by atoms with Gasteiger partial charge >= 0.3 is 0 Å². The number of benzene rings is 1. The smallest absolute Gasteiger partial charge is 0.292 e. The molecule has 0 saturated carbocycles. The predicted molar refractivity (Wildman–Crippen MR) is 88.1 cm³/mol. The van der Waals surface area contributed by atoms with E-state index in [1.54, 1.807) is 0 Å². The van der Waals surface area contributed by atoms with E-state index in [0.717, 1.165) is 31.7 Å². The highest BCUT2D eigenvalue weighted by Gasteiger charge is 2.23. The molecule has 1 fully saturated rings. The van der Waals surface area contributed by atoms with E-state index in [0.29, 0.717) is 17.5 Å². The molecule has 128 valence electrons. The Morgan fingerprint density at radius 2 is 2.25 bits per heavy atom. The molecule has 1 aromatic heterocycles. The van der Waals surface area contributed by atoms with E-state index in [1.807, 2.05) is 24.3 Å². The number of halogens is 1. The number of hydrogen-bond acceptors (Lipinski definition) is 6. The maximum Gasteiger partial charge on any atom is 0.292 e. The first-order valence-corrected chi connectivity index (χ1v) is 8.21. The Morgan fingerprint density at radius 3 is 2.96 bits per heavy atom. The second-order valence-corrected chi connectivity index (χ2v) is 6.08. The predicted octanol–water partition coefficient (Wildman–Crippen LogP) is 2.13. The fourth-order valence-electron chi connectivity index (χ4n) is 2.63. The zero-order chi connectivity index (χ0) is 16.9. The van der Waals surface area contributed by atoms with Gasteiger partial charge in [-0.15, -0.1) is 0 Å². The van der Waals surface area contributed by atoms with Gasteiger partial charge in [0.2, 0.25) is 5.89 Å². The summed E-state index contributed by atoms with van der Waals surface area (Å²) in [4.78, 5) is 17.7. The number of amides is 1. The molecule has 0 unspecified atom stereocenters. The fraction of sp³-hybridized carbons (Fsp3) is 0.438. The van der Waals surface area contributed by atoms with Gasteiger partial charge in [-0.05, 0) is 31.0 Å². The van der Waals surface area contributed by atoms with Crippen molar-refractivity contribution >= 4 is 17.5 Å². The number of carbonyl (C=O) groups is 1. The molecule has 0 aliphatic carbocycles. The van der Waals surface area contributed by atoms with Crippen molar-refractivity contribution in [1.82, 2.24) is 20.4 Å². The lowest BCUT2D eigenvalue weighted by molar-refractivity contribution is 0.0903. The molecular formula is C16H19ClN4O3. The van der Waals surface area contributed by atoms with Crippen LogP contribution >= 0.6 is 11.6 Å². The molecule has 1 N–H and O–H groups in total. The Kier molecular flexibility index (Phi) is 5.32. The molecule has 1 aromatic carbocycles. The minimum Gasteiger partial charge on any atom is -0.490 e. The summed E-state index contributed by atoms with van der Waals surface area (Å²) in [5.41, 5.74) is 0. The molecule has 1 amide bonds. The largest absolute Gasteiger partial charge is 0.490 e. The van der Waals surface area contributed by atoms with Crippen LogP contribution in [-0.4, -0.2) is 47.2 Å². The molecule has 2 aromatic rings. The van der Waals surface area contributed by atoms with E-state index < -0.39 is 0 Å². The zero-order valence-electron chi connectivity index (χ0n) is 13.4. The van der Waals surface area contributed by atoms with Gasteiger partial charge in [0.15, 0.2) is 0 Å². The molecule has 0 atom stereocenters. The van der Waals surface area contributed by atoms with Gasteiger partial charge in [-0.2, -0.15) is 4.98 Å². The van der Waals surface area contributed by atoms with Crippen LogP contribution in [0.4, 0.5) is 0 Å². The monoisotopic (exact) mass is 350 g/mol. The fourth-order valence-corrected chi connectivity index (χ4v) is 2.81. The van der Waals surface area contributed by atoms with Crippen molar-refractivity contribution in [3.63, 3.8) is 0 Å². The van der Waals surface area contributed by atoms with Gasteiger partial charge in [0.25, 0.3) is 11.7 Å². The van der Waals surface area contributed by atoms with Gasteiger partial charge in [-0.1, -0.05) is 22.8 Å². The topological polar surface area (TPSA) is 80.5 Å². The normalized spacial score (nSPS) is 16.1. The van der Waals surface area contributed by atoms with Crippen molar-refractivity contribution in [2.75, 3.05) is 20.1 Å². The highest BCUT2D eigenvalue weighted by Crippen LogP contribution is 2.22. The molecule has 7 nitrogen and oxygen atoms in total. The summed E-state index contributed by atoms with van der Waals surface area (Å²) in [5.74, 6) is 0.959. The second kappa shape index (κ2) is 7.63. The van der Waals surface area contributed by atoms with E-state index in [4.69, 9.17) is 20.9 Å². The SMILES string of the molecule is CNC(=O)c1noc(CN2CCC(Oc3cccc(Cl)c3)CC2)n1. The summed E-state index contributed by atoms with van der Waals surface area (Å²) < 4.78 is 11.1. The molecule has 1 saturated heterocycles. The molecule has 1 aliphatic heterocycles. The number of carbonyl (C=O) groups excluding carboxylic acids is 1. The van der Waals surface area contributed by atoms with Crippen molar-refractivity contribution in [2.24, 2.45) is 0 Å². The summed E-state index contributed by atoms with van der Waals surface area (Å²) in [7, 11) is 1.53. The van der Waals surface area contributed by atoms with Crippen LogP contribution in [0.15, 0.2) is 28.8 Å². The number of nitrogens with zero attached hydrogens (tertiary/aromatic N) is 3. The Balaban J connectivity index is 1.48. The third-order valence-corrected chi connectivity index (χ3v) is 4.13. The quantitative estimate of drug-likeness (QED) is 0.889. The molecule has 1 aliphatic rings. The Bertz CT molecular complexity index is 698. The summed E-state index contributed by atoms with van der Waals surface area (Å²) in [6, 6.07) is 7.45. The second-order valence-electron chi connectivity index (χ2n) is 5.64. The zero-order valence-corrected chi connectivity index (χ0v) is 14.1. The van der Waals surface area contributed by atoms with Crippen LogP contribution in [0.25, 0.3) is 0 Å². The first-order chi connectivity index (χ1) is 11.6. The highest BCUT2D eigenvalue weighted by atomic mass is 35.5. The number of rotatable bonds is 5. The first-order valence-electron chi connectivity index (χ1n) is 7.83. The summed E-state index contributed by atoms with van der Waals surface area (Å²) in [5, 5.41) is 6.81. The lowest BCUT2D eigenvalue weighted by Crippen LogP contribution is -2.37. The number of piperidine rings is 1. The van der Waals surface area contributed by atoms with Crippen LogP contribution in [-0.2, 0) is 6.54 Å². The molecular weight excluding hydrogens is 332 g/mol. The van der Waals surface area contributed by atoms with E-state index in [-0.39, 0.29) is 17.8 Å². The van der Waals surface area contributed by atoms with Crippen LogP contribution in [0.1, 0.15) is 29.4 Å². The average molecular weight is 351 g/mol. The minimum atomic E-state index is -0.348. The Labute approximate surface area is 144 Å². The number of aromatic nitrogens is 2. The summed E-state index contributed by atoms with van der Waals surface area (Å²) in [6.07, 6.45) is 1.98. The number of likely N-dealkylation sites (tertiary alicyclic amines) is 1. The number of hydrogen-bond donors (Lipinski definition) is 1. The molecule has 2 heterocycles. The van der Waals surface area contributed by atoms with Crippen LogP contribution in [0.3, 0.4) is 0 Å². The van der Waals surface area contributed by atoms with Gasteiger partial charge in [0, 0.05) is 25.2 Å². The lowest BCUT2D eigenvalue weighted by atomic mass is 10.1. The molecule has 24 heavy (non-hydrogen) atoms. The van der Waals surface area contributed by atoms with Crippen LogP contribution < -0.4 is 10.1 Å². The van der Waals surface area contributed by atoms with E-state index in [2.05, 4.69) is 20.4 Å². The first kappa shape index (κ1) is 16.7. The Hall–Kier alpha value is -2.12. The molecule has 8 heteroatoms. The maximum absolute atomic E-state index is 11.4. The van der Waals surface area contributed by atoms with E-state index in [9.17, 15) is 4.79 Å². The van der Waals surface area contributed by atoms with Gasteiger partial charge < -0.3 is 14.6 Å². The average Bonchev–Trinajstić information content (AvgIpc) is 3.04. The van der Waals surface area contributed by atoms with Crippen molar-refractivity contribution in [3.05, 3.63) is 41.0 Å². The molecule has 0 bridgehead atoms. The minimum absolute atomic E-state index is 0.0617. The maximum atomic E-state index is 11.4. The van der Waals surface area contributed by atoms with Crippen LogP contribution in [0, 0.1) is 0 Å². The van der Waals surface area contributed by atoms with Crippen molar-refractivity contribution in [1.29, 1.82) is 0 Å². The van der Waals surface area contributed by atoms with Gasteiger partial charge in [-0.25, -0.2) is 0 Å².